The van der Waals surface area contributed by atoms with E-state index in [2.05, 4.69) is 44.6 Å². The summed E-state index contributed by atoms with van der Waals surface area (Å²) in [7, 11) is 0. The second kappa shape index (κ2) is 7.63. The van der Waals surface area contributed by atoms with Crippen LogP contribution in [0, 0.1) is 19.8 Å². The van der Waals surface area contributed by atoms with E-state index in [-0.39, 0.29) is 17.4 Å². The van der Waals surface area contributed by atoms with Crippen molar-refractivity contribution in [1.29, 1.82) is 0 Å². The lowest BCUT2D eigenvalue weighted by molar-refractivity contribution is 0.0938. The summed E-state index contributed by atoms with van der Waals surface area (Å²) in [5.74, 6) is 1.80. The molecule has 6 nitrogen and oxygen atoms in total. The van der Waals surface area contributed by atoms with Gasteiger partial charge >= 0.3 is 0 Å². The van der Waals surface area contributed by atoms with Gasteiger partial charge in [-0.2, -0.15) is 4.98 Å². The standard InChI is InChI=1S/C23H26N4O2S/c1-15-8-9-20(30-15)21(28)25-19-10-18-13-27(12-17-6-4-3-5-7-17)14-23(18,11-19)22-24-16(2)26-29-22/h3-9,18-19H,10-14H2,1-2H3,(H,25,28)/t18-,19+,23-/m0/s1. The molecule has 7 heteroatoms. The zero-order chi connectivity index (χ0) is 20.7. The van der Waals surface area contributed by atoms with Crippen LogP contribution in [0.25, 0.3) is 0 Å². The van der Waals surface area contributed by atoms with Crippen molar-refractivity contribution in [3.05, 3.63) is 69.5 Å². The Bertz CT molecular complexity index is 1050. The van der Waals surface area contributed by atoms with E-state index in [4.69, 9.17) is 4.52 Å². The molecule has 2 aromatic heterocycles. The molecule has 3 atom stereocenters. The largest absolute Gasteiger partial charge is 0.349 e. The molecule has 0 spiro atoms. The number of carbonyl (C=O) groups is 1. The number of likely N-dealkylation sites (tertiary alicyclic amines) is 1. The summed E-state index contributed by atoms with van der Waals surface area (Å²) < 4.78 is 5.69. The number of rotatable bonds is 5. The van der Waals surface area contributed by atoms with Crippen LogP contribution in [0.3, 0.4) is 0 Å². The van der Waals surface area contributed by atoms with Crippen molar-refractivity contribution in [2.24, 2.45) is 5.92 Å². The maximum atomic E-state index is 12.7. The van der Waals surface area contributed by atoms with Gasteiger partial charge in [0.05, 0.1) is 10.3 Å². The van der Waals surface area contributed by atoms with E-state index in [9.17, 15) is 4.79 Å². The molecule has 2 aliphatic rings. The number of aromatic nitrogens is 2. The molecule has 2 fully saturated rings. The summed E-state index contributed by atoms with van der Waals surface area (Å²) in [6.07, 6.45) is 1.77. The van der Waals surface area contributed by atoms with Gasteiger partial charge in [-0.15, -0.1) is 11.3 Å². The molecule has 1 N–H and O–H groups in total. The van der Waals surface area contributed by atoms with Gasteiger partial charge in [0.25, 0.3) is 5.91 Å². The van der Waals surface area contributed by atoms with E-state index < -0.39 is 0 Å². The number of thiophene rings is 1. The van der Waals surface area contributed by atoms with Crippen LogP contribution < -0.4 is 5.32 Å². The summed E-state index contributed by atoms with van der Waals surface area (Å²) in [6, 6.07) is 14.6. The Kier molecular flexibility index (Phi) is 4.95. The average Bonchev–Trinajstić information content (AvgIpc) is 3.46. The molecule has 1 aliphatic heterocycles. The van der Waals surface area contributed by atoms with Gasteiger partial charge < -0.3 is 9.84 Å². The van der Waals surface area contributed by atoms with E-state index in [0.717, 1.165) is 48.1 Å². The normalized spacial score (nSPS) is 26.1. The van der Waals surface area contributed by atoms with E-state index in [1.54, 1.807) is 0 Å². The molecule has 0 unspecified atom stereocenters. The number of benzene rings is 1. The van der Waals surface area contributed by atoms with E-state index in [0.29, 0.717) is 11.7 Å². The van der Waals surface area contributed by atoms with Gasteiger partial charge in [-0.3, -0.25) is 9.69 Å². The Balaban J connectivity index is 1.35. The number of nitrogens with zero attached hydrogens (tertiary/aromatic N) is 3. The molecule has 5 rings (SSSR count). The Morgan fingerprint density at radius 2 is 2.10 bits per heavy atom. The number of hydrogen-bond acceptors (Lipinski definition) is 6. The van der Waals surface area contributed by atoms with Crippen molar-refractivity contribution in [2.45, 2.75) is 44.7 Å². The Morgan fingerprint density at radius 1 is 1.27 bits per heavy atom. The second-order valence-electron chi connectivity index (χ2n) is 8.68. The third-order valence-electron chi connectivity index (χ3n) is 6.45. The van der Waals surface area contributed by atoms with Gasteiger partial charge in [-0.25, -0.2) is 0 Å². The maximum absolute atomic E-state index is 12.7. The van der Waals surface area contributed by atoms with Gasteiger partial charge in [0.2, 0.25) is 5.89 Å². The molecule has 156 valence electrons. The van der Waals surface area contributed by atoms with Crippen LogP contribution in [0.2, 0.25) is 0 Å². The van der Waals surface area contributed by atoms with Crippen LogP contribution in [0.5, 0.6) is 0 Å². The van der Waals surface area contributed by atoms with Crippen molar-refractivity contribution >= 4 is 17.2 Å². The van der Waals surface area contributed by atoms with Crippen molar-refractivity contribution in [3.63, 3.8) is 0 Å². The fraction of sp³-hybridized carbons (Fsp3) is 0.435. The molecule has 1 amide bonds. The summed E-state index contributed by atoms with van der Waals surface area (Å²) in [5.41, 5.74) is 1.12. The first kappa shape index (κ1) is 19.5. The molecule has 0 bridgehead atoms. The lowest BCUT2D eigenvalue weighted by Gasteiger charge is -2.25. The SMILES string of the molecule is Cc1noc([C@]23C[C@H](NC(=O)c4ccc(C)s4)C[C@H]2CN(Cc2ccccc2)C3)n1. The molecular weight excluding hydrogens is 396 g/mol. The first-order valence-electron chi connectivity index (χ1n) is 10.5. The van der Waals surface area contributed by atoms with Crippen molar-refractivity contribution in [3.8, 4) is 0 Å². The van der Waals surface area contributed by atoms with Crippen LogP contribution in [0.4, 0.5) is 0 Å². The lowest BCUT2D eigenvalue weighted by Crippen LogP contribution is -2.37. The highest BCUT2D eigenvalue weighted by atomic mass is 32.1. The highest BCUT2D eigenvalue weighted by molar-refractivity contribution is 7.13. The van der Waals surface area contributed by atoms with E-state index >= 15 is 0 Å². The molecule has 0 radical (unpaired) electrons. The zero-order valence-corrected chi connectivity index (χ0v) is 18.1. The minimum absolute atomic E-state index is 0.0241. The first-order chi connectivity index (χ1) is 14.5. The van der Waals surface area contributed by atoms with Crippen molar-refractivity contribution in [1.82, 2.24) is 20.4 Å². The summed E-state index contributed by atoms with van der Waals surface area (Å²) in [4.78, 5) is 21.8. The molecule has 30 heavy (non-hydrogen) atoms. The number of aryl methyl sites for hydroxylation is 2. The number of carbonyl (C=O) groups excluding carboxylic acids is 1. The average molecular weight is 423 g/mol. The summed E-state index contributed by atoms with van der Waals surface area (Å²) >= 11 is 1.54. The lowest BCUT2D eigenvalue weighted by atomic mass is 9.80. The minimum Gasteiger partial charge on any atom is -0.349 e. The van der Waals surface area contributed by atoms with Gasteiger partial charge in [-0.1, -0.05) is 35.5 Å². The molecular formula is C23H26N4O2S. The van der Waals surface area contributed by atoms with Gasteiger partial charge in [0.1, 0.15) is 0 Å². The Hall–Kier alpha value is -2.51. The molecule has 3 heterocycles. The minimum atomic E-state index is -0.195. The Morgan fingerprint density at radius 3 is 2.80 bits per heavy atom. The van der Waals surface area contributed by atoms with Crippen LogP contribution in [-0.2, 0) is 12.0 Å². The van der Waals surface area contributed by atoms with Gasteiger partial charge in [0.15, 0.2) is 5.82 Å². The number of amides is 1. The highest BCUT2D eigenvalue weighted by Gasteiger charge is 2.57. The van der Waals surface area contributed by atoms with E-state index in [1.807, 2.05) is 32.0 Å². The predicted molar refractivity (Wildman–Crippen MR) is 115 cm³/mol. The third-order valence-corrected chi connectivity index (χ3v) is 7.45. The molecule has 1 aromatic carbocycles. The van der Waals surface area contributed by atoms with Crippen molar-refractivity contribution in [2.75, 3.05) is 13.1 Å². The summed E-state index contributed by atoms with van der Waals surface area (Å²) in [5, 5.41) is 7.34. The predicted octanol–water partition coefficient (Wildman–Crippen LogP) is 3.71. The van der Waals surface area contributed by atoms with Gasteiger partial charge in [0, 0.05) is 30.6 Å². The third kappa shape index (κ3) is 3.56. The van der Waals surface area contributed by atoms with Crippen LogP contribution in [0.15, 0.2) is 47.0 Å². The topological polar surface area (TPSA) is 71.3 Å². The second-order valence-corrected chi connectivity index (χ2v) is 9.96. The monoisotopic (exact) mass is 422 g/mol. The first-order valence-corrected chi connectivity index (χ1v) is 11.3. The van der Waals surface area contributed by atoms with Crippen LogP contribution in [-0.4, -0.2) is 40.1 Å². The van der Waals surface area contributed by atoms with Gasteiger partial charge in [-0.05, 0) is 50.3 Å². The van der Waals surface area contributed by atoms with Crippen LogP contribution >= 0.6 is 11.3 Å². The van der Waals surface area contributed by atoms with Crippen LogP contribution in [0.1, 0.15) is 44.7 Å². The van der Waals surface area contributed by atoms with Crippen molar-refractivity contribution < 1.29 is 9.32 Å². The highest BCUT2D eigenvalue weighted by Crippen LogP contribution is 2.50. The number of fused-ring (bicyclic) bond motifs is 1. The van der Waals surface area contributed by atoms with E-state index in [1.165, 1.54) is 16.9 Å². The zero-order valence-electron chi connectivity index (χ0n) is 17.3. The maximum Gasteiger partial charge on any atom is 0.261 e. The fourth-order valence-corrected chi connectivity index (χ4v) is 5.96. The molecule has 1 saturated heterocycles. The smallest absolute Gasteiger partial charge is 0.261 e. The molecule has 3 aromatic rings. The number of nitrogens with one attached hydrogen (secondary N) is 1. The quantitative estimate of drug-likeness (QED) is 0.679. The molecule has 1 aliphatic carbocycles. The Labute approximate surface area is 180 Å². The molecule has 1 saturated carbocycles. The summed E-state index contributed by atoms with van der Waals surface area (Å²) in [6.45, 7) is 6.65. The number of hydrogen-bond donors (Lipinski definition) is 1. The fourth-order valence-electron chi connectivity index (χ4n) is 5.19.